The molecule has 0 aliphatic heterocycles. The van der Waals surface area contributed by atoms with Crippen molar-refractivity contribution < 1.29 is 0 Å². The Bertz CT molecular complexity index is 141. The lowest BCUT2D eigenvalue weighted by Gasteiger charge is -1.88. The quantitative estimate of drug-likeness (QED) is 0.235. The van der Waals surface area contributed by atoms with Crippen molar-refractivity contribution in [3.05, 3.63) is 0 Å². The highest BCUT2D eigenvalue weighted by Gasteiger charge is 1.84. The Hall–Kier alpha value is -1.46. The second-order valence-corrected chi connectivity index (χ2v) is 1.65. The maximum Gasteiger partial charge on any atom is 0.117 e. The van der Waals surface area contributed by atoms with E-state index in [2.05, 4.69) is 10.2 Å². The van der Waals surface area contributed by atoms with Crippen LogP contribution in [-0.2, 0) is 0 Å². The van der Waals surface area contributed by atoms with Gasteiger partial charge < -0.3 is 11.5 Å². The van der Waals surface area contributed by atoms with Gasteiger partial charge in [-0.2, -0.15) is 10.2 Å². The number of azo groups is 1. The largest absolute Gasteiger partial charge is 0.386 e. The van der Waals surface area contributed by atoms with Crippen molar-refractivity contribution in [3.63, 3.8) is 0 Å². The van der Waals surface area contributed by atoms with Gasteiger partial charge in [0.1, 0.15) is 24.8 Å². The predicted octanol–water partition coefficient (Wildman–Crippen LogP) is -0.689. The van der Waals surface area contributed by atoms with Crippen molar-refractivity contribution in [2.24, 2.45) is 21.7 Å². The Balaban J connectivity index is 3.38. The fourth-order valence-electron chi connectivity index (χ4n) is 0.252. The van der Waals surface area contributed by atoms with E-state index in [0.717, 1.165) is 0 Å². The minimum absolute atomic E-state index is 0.0488. The van der Waals surface area contributed by atoms with Gasteiger partial charge >= 0.3 is 0 Å². The average molecular weight is 142 g/mol. The van der Waals surface area contributed by atoms with Crippen LogP contribution in [0.3, 0.4) is 0 Å². The van der Waals surface area contributed by atoms with E-state index in [1.807, 2.05) is 0 Å². The first kappa shape index (κ1) is 8.54. The molecule has 0 aromatic carbocycles. The lowest BCUT2D eigenvalue weighted by atomic mass is 10.6. The third-order valence-electron chi connectivity index (χ3n) is 0.582. The molecule has 56 valence electrons. The van der Waals surface area contributed by atoms with Crippen LogP contribution in [0.1, 0.15) is 0 Å². The maximum atomic E-state index is 6.72. The summed E-state index contributed by atoms with van der Waals surface area (Å²) in [7, 11) is 0. The SMILES string of the molecule is N=C(N)CN=NCC(=N)N. The number of nitrogens with two attached hydrogens (primary N) is 2. The number of rotatable bonds is 4. The summed E-state index contributed by atoms with van der Waals surface area (Å²) in [6.45, 7) is 0.153. The molecule has 6 nitrogen and oxygen atoms in total. The summed E-state index contributed by atoms with van der Waals surface area (Å²) in [6, 6.07) is 0. The van der Waals surface area contributed by atoms with Crippen LogP contribution in [0.4, 0.5) is 0 Å². The highest BCUT2D eigenvalue weighted by atomic mass is 15.1. The molecule has 0 saturated heterocycles. The van der Waals surface area contributed by atoms with Crippen LogP contribution in [0.25, 0.3) is 0 Å². The third-order valence-corrected chi connectivity index (χ3v) is 0.582. The van der Waals surface area contributed by atoms with Gasteiger partial charge in [0.15, 0.2) is 0 Å². The first-order valence-corrected chi connectivity index (χ1v) is 2.62. The molecule has 0 amide bonds. The van der Waals surface area contributed by atoms with Crippen molar-refractivity contribution in [1.29, 1.82) is 10.8 Å². The van der Waals surface area contributed by atoms with E-state index >= 15 is 0 Å². The minimum atomic E-state index is -0.0488. The maximum absolute atomic E-state index is 6.72. The van der Waals surface area contributed by atoms with E-state index in [4.69, 9.17) is 22.3 Å². The summed E-state index contributed by atoms with van der Waals surface area (Å²) in [5.74, 6) is -0.0976. The molecule has 0 spiro atoms. The van der Waals surface area contributed by atoms with Gasteiger partial charge in [0.05, 0.1) is 0 Å². The van der Waals surface area contributed by atoms with Crippen molar-refractivity contribution >= 4 is 11.7 Å². The van der Waals surface area contributed by atoms with Gasteiger partial charge in [0, 0.05) is 0 Å². The standard InChI is InChI=1S/C4H10N6/c5-3(6)1-9-10-2-4(7)8/h1-2H2,(H3,5,6)(H3,7,8). The van der Waals surface area contributed by atoms with E-state index in [1.165, 1.54) is 0 Å². The first-order chi connectivity index (χ1) is 4.63. The van der Waals surface area contributed by atoms with Crippen LogP contribution >= 0.6 is 0 Å². The average Bonchev–Trinajstić information content (AvgIpc) is 1.79. The van der Waals surface area contributed by atoms with Crippen LogP contribution in [0.15, 0.2) is 10.2 Å². The zero-order chi connectivity index (χ0) is 7.98. The van der Waals surface area contributed by atoms with Gasteiger partial charge in [0.2, 0.25) is 0 Å². The van der Waals surface area contributed by atoms with Gasteiger partial charge in [-0.3, -0.25) is 10.8 Å². The Morgan fingerprint density at radius 1 is 1.00 bits per heavy atom. The molecule has 0 aliphatic carbocycles. The monoisotopic (exact) mass is 142 g/mol. The van der Waals surface area contributed by atoms with E-state index in [-0.39, 0.29) is 24.8 Å². The topological polar surface area (TPSA) is 124 Å². The number of amidine groups is 2. The molecule has 0 aliphatic rings. The summed E-state index contributed by atoms with van der Waals surface area (Å²) in [5, 5.41) is 20.4. The van der Waals surface area contributed by atoms with Crippen LogP contribution in [0.5, 0.6) is 0 Å². The van der Waals surface area contributed by atoms with Crippen LogP contribution in [-0.4, -0.2) is 24.8 Å². The molecule has 0 aromatic heterocycles. The van der Waals surface area contributed by atoms with Gasteiger partial charge in [0.25, 0.3) is 0 Å². The zero-order valence-corrected chi connectivity index (χ0v) is 5.46. The number of nitrogens with one attached hydrogen (secondary N) is 2. The molecule has 6 heteroatoms. The molecule has 0 aromatic rings. The molecule has 0 fully saturated rings. The molecular weight excluding hydrogens is 132 g/mol. The summed E-state index contributed by atoms with van der Waals surface area (Å²) in [6.07, 6.45) is 0. The fraction of sp³-hybridized carbons (Fsp3) is 0.500. The second kappa shape index (κ2) is 4.42. The first-order valence-electron chi connectivity index (χ1n) is 2.62. The van der Waals surface area contributed by atoms with Crippen LogP contribution < -0.4 is 11.5 Å². The predicted molar refractivity (Wildman–Crippen MR) is 38.4 cm³/mol. The highest BCUT2D eigenvalue weighted by molar-refractivity contribution is 5.79. The minimum Gasteiger partial charge on any atom is -0.386 e. The number of nitrogens with zero attached hydrogens (tertiary/aromatic N) is 2. The van der Waals surface area contributed by atoms with Gasteiger partial charge in [-0.1, -0.05) is 0 Å². The van der Waals surface area contributed by atoms with E-state index < -0.39 is 0 Å². The Morgan fingerprint density at radius 2 is 1.30 bits per heavy atom. The molecular formula is C4H10N6. The molecule has 10 heavy (non-hydrogen) atoms. The molecule has 0 rings (SSSR count). The summed E-state index contributed by atoms with van der Waals surface area (Å²) < 4.78 is 0. The van der Waals surface area contributed by atoms with Crippen molar-refractivity contribution in [1.82, 2.24) is 0 Å². The number of hydrogen-bond acceptors (Lipinski definition) is 4. The molecule has 0 bridgehead atoms. The Kier molecular flexibility index (Phi) is 3.78. The van der Waals surface area contributed by atoms with Crippen molar-refractivity contribution in [3.8, 4) is 0 Å². The summed E-state index contributed by atoms with van der Waals surface area (Å²) >= 11 is 0. The van der Waals surface area contributed by atoms with Crippen molar-refractivity contribution in [2.45, 2.75) is 0 Å². The Labute approximate surface area is 58.3 Å². The smallest absolute Gasteiger partial charge is 0.117 e. The van der Waals surface area contributed by atoms with E-state index in [1.54, 1.807) is 0 Å². The van der Waals surface area contributed by atoms with Gasteiger partial charge in [-0.15, -0.1) is 0 Å². The third kappa shape index (κ3) is 6.54. The lowest BCUT2D eigenvalue weighted by Crippen LogP contribution is -2.14. The molecule has 0 radical (unpaired) electrons. The van der Waals surface area contributed by atoms with Crippen LogP contribution in [0.2, 0.25) is 0 Å². The molecule has 0 unspecified atom stereocenters. The second-order valence-electron chi connectivity index (χ2n) is 1.65. The molecule has 6 N–H and O–H groups in total. The van der Waals surface area contributed by atoms with E-state index in [0.29, 0.717) is 0 Å². The molecule has 0 atom stereocenters. The summed E-state index contributed by atoms with van der Waals surface area (Å²) in [5.41, 5.74) is 9.91. The van der Waals surface area contributed by atoms with Crippen LogP contribution in [0, 0.1) is 10.8 Å². The summed E-state index contributed by atoms with van der Waals surface area (Å²) in [4.78, 5) is 0. The lowest BCUT2D eigenvalue weighted by molar-refractivity contribution is 0.993. The normalized spacial score (nSPS) is 10.0. The molecule has 0 heterocycles. The van der Waals surface area contributed by atoms with Gasteiger partial charge in [-0.05, 0) is 0 Å². The molecule has 0 saturated carbocycles. The zero-order valence-electron chi connectivity index (χ0n) is 5.46. The van der Waals surface area contributed by atoms with E-state index in [9.17, 15) is 0 Å². The van der Waals surface area contributed by atoms with Crippen molar-refractivity contribution in [2.75, 3.05) is 13.1 Å². The Morgan fingerprint density at radius 3 is 1.50 bits per heavy atom. The highest BCUT2D eigenvalue weighted by Crippen LogP contribution is 1.74. The number of hydrogen-bond donors (Lipinski definition) is 4. The fourth-order valence-corrected chi connectivity index (χ4v) is 0.252. The van der Waals surface area contributed by atoms with Gasteiger partial charge in [-0.25, -0.2) is 0 Å².